The molecule has 1 aromatic carbocycles. The first-order valence-corrected chi connectivity index (χ1v) is 7.96. The molecule has 120 valence electrons. The second-order valence-corrected chi connectivity index (χ2v) is 6.64. The Kier molecular flexibility index (Phi) is 4.02. The van der Waals surface area contributed by atoms with Gasteiger partial charge in [-0.1, -0.05) is 23.8 Å². The van der Waals surface area contributed by atoms with E-state index in [9.17, 15) is 10.2 Å². The number of methoxy groups -OCH3 is 1. The number of hydrogen-bond acceptors (Lipinski definition) is 4. The Hall–Kier alpha value is -1.36. The van der Waals surface area contributed by atoms with Gasteiger partial charge in [-0.3, -0.25) is 5.32 Å². The molecule has 1 saturated carbocycles. The molecule has 1 heterocycles. The van der Waals surface area contributed by atoms with Crippen LogP contribution < -0.4 is 5.32 Å². The zero-order chi connectivity index (χ0) is 15.9. The standard InChI is InChI=1S/C18H25NO3/c1-11-4-5-12(2)14(10-11)15-16(20)18(19-17(15)21)8-6-13(22-3)7-9-18/h4-5,10,13,17,19-21H,6-9H2,1-3H3. The summed E-state index contributed by atoms with van der Waals surface area (Å²) in [6.07, 6.45) is 2.77. The third-order valence-electron chi connectivity index (χ3n) is 5.20. The first-order valence-electron chi connectivity index (χ1n) is 7.96. The molecular weight excluding hydrogens is 278 g/mol. The number of ether oxygens (including phenoxy) is 1. The smallest absolute Gasteiger partial charge is 0.135 e. The maximum atomic E-state index is 10.9. The molecule has 0 amide bonds. The van der Waals surface area contributed by atoms with Crippen LogP contribution in [0.4, 0.5) is 0 Å². The van der Waals surface area contributed by atoms with Gasteiger partial charge in [-0.05, 0) is 50.7 Å². The lowest BCUT2D eigenvalue weighted by Crippen LogP contribution is -2.49. The van der Waals surface area contributed by atoms with Crippen molar-refractivity contribution in [3.8, 4) is 0 Å². The van der Waals surface area contributed by atoms with Gasteiger partial charge in [0.2, 0.25) is 0 Å². The highest BCUT2D eigenvalue weighted by atomic mass is 16.5. The zero-order valence-corrected chi connectivity index (χ0v) is 13.5. The number of benzene rings is 1. The van der Waals surface area contributed by atoms with Crippen molar-refractivity contribution in [2.75, 3.05) is 7.11 Å². The van der Waals surface area contributed by atoms with Crippen LogP contribution in [0.1, 0.15) is 42.4 Å². The van der Waals surface area contributed by atoms with Crippen molar-refractivity contribution in [3.63, 3.8) is 0 Å². The summed E-state index contributed by atoms with van der Waals surface area (Å²) in [5.74, 6) is 0.309. The number of rotatable bonds is 2. The molecule has 0 bridgehead atoms. The second-order valence-electron chi connectivity index (χ2n) is 6.64. The fourth-order valence-electron chi connectivity index (χ4n) is 3.79. The highest BCUT2D eigenvalue weighted by molar-refractivity contribution is 5.76. The van der Waals surface area contributed by atoms with E-state index in [-0.39, 0.29) is 6.10 Å². The Bertz CT molecular complexity index is 600. The highest BCUT2D eigenvalue weighted by Gasteiger charge is 2.47. The Labute approximate surface area is 131 Å². The van der Waals surface area contributed by atoms with Crippen molar-refractivity contribution in [3.05, 3.63) is 40.6 Å². The topological polar surface area (TPSA) is 61.7 Å². The summed E-state index contributed by atoms with van der Waals surface area (Å²) in [6.45, 7) is 4.03. The van der Waals surface area contributed by atoms with Crippen LogP contribution in [-0.2, 0) is 4.74 Å². The van der Waals surface area contributed by atoms with Crippen LogP contribution in [0.5, 0.6) is 0 Å². The molecular formula is C18H25NO3. The van der Waals surface area contributed by atoms with Crippen LogP contribution in [0, 0.1) is 13.8 Å². The molecule has 3 N–H and O–H groups in total. The van der Waals surface area contributed by atoms with Gasteiger partial charge in [-0.25, -0.2) is 0 Å². The average Bonchev–Trinajstić information content (AvgIpc) is 2.74. The molecule has 1 spiro atoms. The summed E-state index contributed by atoms with van der Waals surface area (Å²) < 4.78 is 5.41. The number of hydrogen-bond donors (Lipinski definition) is 3. The Balaban J connectivity index is 1.99. The summed E-state index contributed by atoms with van der Waals surface area (Å²) in [7, 11) is 1.73. The van der Waals surface area contributed by atoms with E-state index in [1.165, 1.54) is 0 Å². The van der Waals surface area contributed by atoms with E-state index < -0.39 is 11.8 Å². The maximum Gasteiger partial charge on any atom is 0.135 e. The second kappa shape index (κ2) is 5.69. The number of nitrogens with one attached hydrogen (secondary N) is 1. The average molecular weight is 303 g/mol. The van der Waals surface area contributed by atoms with Gasteiger partial charge >= 0.3 is 0 Å². The van der Waals surface area contributed by atoms with Gasteiger partial charge in [0, 0.05) is 12.7 Å². The third-order valence-corrected chi connectivity index (χ3v) is 5.20. The van der Waals surface area contributed by atoms with E-state index in [1.807, 2.05) is 32.0 Å². The third kappa shape index (κ3) is 2.45. The van der Waals surface area contributed by atoms with Crippen molar-refractivity contribution in [1.29, 1.82) is 0 Å². The maximum absolute atomic E-state index is 10.9. The van der Waals surface area contributed by atoms with Gasteiger partial charge in [0.15, 0.2) is 0 Å². The summed E-state index contributed by atoms with van der Waals surface area (Å²) in [4.78, 5) is 0. The van der Waals surface area contributed by atoms with E-state index in [2.05, 4.69) is 5.32 Å². The quantitative estimate of drug-likeness (QED) is 0.786. The monoisotopic (exact) mass is 303 g/mol. The predicted octanol–water partition coefficient (Wildman–Crippen LogP) is 2.82. The van der Waals surface area contributed by atoms with Crippen LogP contribution in [0.2, 0.25) is 0 Å². The molecule has 0 radical (unpaired) electrons. The molecule has 22 heavy (non-hydrogen) atoms. The minimum Gasteiger partial charge on any atom is -0.510 e. The molecule has 3 rings (SSSR count). The Morgan fingerprint density at radius 3 is 2.55 bits per heavy atom. The number of aliphatic hydroxyl groups excluding tert-OH is 2. The van der Waals surface area contributed by atoms with Gasteiger partial charge < -0.3 is 14.9 Å². The molecule has 1 fully saturated rings. The predicted molar refractivity (Wildman–Crippen MR) is 86.6 cm³/mol. The summed E-state index contributed by atoms with van der Waals surface area (Å²) in [6, 6.07) is 6.11. The lowest BCUT2D eigenvalue weighted by Gasteiger charge is -2.37. The molecule has 4 nitrogen and oxygen atoms in total. The van der Waals surface area contributed by atoms with Crippen molar-refractivity contribution in [1.82, 2.24) is 5.32 Å². The molecule has 1 aromatic rings. The first kappa shape index (κ1) is 15.5. The SMILES string of the molecule is COC1CCC2(CC1)NC(O)C(c1cc(C)ccc1C)=C2O. The summed E-state index contributed by atoms with van der Waals surface area (Å²) in [5, 5.41) is 24.6. The van der Waals surface area contributed by atoms with E-state index in [0.717, 1.165) is 42.4 Å². The number of aryl methyl sites for hydroxylation is 2. The van der Waals surface area contributed by atoms with Gasteiger partial charge in [0.25, 0.3) is 0 Å². The van der Waals surface area contributed by atoms with E-state index >= 15 is 0 Å². The van der Waals surface area contributed by atoms with Crippen molar-refractivity contribution in [2.45, 2.75) is 57.4 Å². The Morgan fingerprint density at radius 2 is 1.91 bits per heavy atom. The molecule has 1 aliphatic heterocycles. The van der Waals surface area contributed by atoms with Crippen LogP contribution in [-0.4, -0.2) is 35.2 Å². The fourth-order valence-corrected chi connectivity index (χ4v) is 3.79. The molecule has 1 aliphatic carbocycles. The molecule has 1 atom stereocenters. The van der Waals surface area contributed by atoms with Crippen LogP contribution in [0.15, 0.2) is 24.0 Å². The minimum atomic E-state index is -0.820. The molecule has 0 aromatic heterocycles. The Morgan fingerprint density at radius 1 is 1.23 bits per heavy atom. The molecule has 4 heteroatoms. The zero-order valence-electron chi connectivity index (χ0n) is 13.5. The van der Waals surface area contributed by atoms with Crippen molar-refractivity contribution in [2.24, 2.45) is 0 Å². The molecule has 2 aliphatic rings. The van der Waals surface area contributed by atoms with Crippen molar-refractivity contribution >= 4 is 5.57 Å². The van der Waals surface area contributed by atoms with Crippen molar-refractivity contribution < 1.29 is 14.9 Å². The van der Waals surface area contributed by atoms with Crippen LogP contribution in [0.3, 0.4) is 0 Å². The minimum absolute atomic E-state index is 0.252. The fraction of sp³-hybridized carbons (Fsp3) is 0.556. The van der Waals surface area contributed by atoms with Crippen LogP contribution in [0.25, 0.3) is 5.57 Å². The first-order chi connectivity index (χ1) is 10.5. The summed E-state index contributed by atoms with van der Waals surface area (Å²) in [5.41, 5.74) is 3.26. The largest absolute Gasteiger partial charge is 0.510 e. The lowest BCUT2D eigenvalue weighted by molar-refractivity contribution is 0.0341. The molecule has 1 unspecified atom stereocenters. The molecule has 0 saturated heterocycles. The number of aliphatic hydroxyl groups is 2. The van der Waals surface area contributed by atoms with E-state index in [4.69, 9.17) is 4.74 Å². The van der Waals surface area contributed by atoms with Gasteiger partial charge in [0.1, 0.15) is 12.0 Å². The highest BCUT2D eigenvalue weighted by Crippen LogP contribution is 2.43. The van der Waals surface area contributed by atoms with E-state index in [0.29, 0.717) is 11.3 Å². The van der Waals surface area contributed by atoms with Gasteiger partial charge in [-0.2, -0.15) is 0 Å². The van der Waals surface area contributed by atoms with Gasteiger partial charge in [0.05, 0.1) is 11.6 Å². The van der Waals surface area contributed by atoms with Crippen LogP contribution >= 0.6 is 0 Å². The van der Waals surface area contributed by atoms with E-state index in [1.54, 1.807) is 7.11 Å². The lowest BCUT2D eigenvalue weighted by atomic mass is 9.79. The van der Waals surface area contributed by atoms with Gasteiger partial charge in [-0.15, -0.1) is 0 Å². The summed E-state index contributed by atoms with van der Waals surface area (Å²) >= 11 is 0. The normalized spacial score (nSPS) is 32.0.